The molecule has 0 unspecified atom stereocenters. The molecule has 0 spiro atoms. The van der Waals surface area contributed by atoms with E-state index in [1.54, 1.807) is 0 Å². The van der Waals surface area contributed by atoms with Crippen LogP contribution in [0.5, 0.6) is 5.75 Å². The molecular formula is C23H16O. The molecule has 0 aliphatic carbocycles. The molecule has 3 aromatic rings. The summed E-state index contributed by atoms with van der Waals surface area (Å²) in [6, 6.07) is 28.3. The van der Waals surface area contributed by atoms with Gasteiger partial charge in [-0.2, -0.15) is 0 Å². The highest BCUT2D eigenvalue weighted by atomic mass is 16.5. The smallest absolute Gasteiger partial charge is 0.132 e. The molecule has 0 N–H and O–H groups in total. The van der Waals surface area contributed by atoms with Gasteiger partial charge in [-0.15, -0.1) is 0 Å². The van der Waals surface area contributed by atoms with E-state index in [2.05, 4.69) is 36.1 Å². The van der Waals surface area contributed by atoms with Crippen molar-refractivity contribution >= 4 is 5.76 Å². The fourth-order valence-corrected chi connectivity index (χ4v) is 2.78. The monoisotopic (exact) mass is 308 g/mol. The summed E-state index contributed by atoms with van der Waals surface area (Å²) in [6.45, 7) is 0. The second-order valence-corrected chi connectivity index (χ2v) is 5.65. The second kappa shape index (κ2) is 6.48. The lowest BCUT2D eigenvalue weighted by Gasteiger charge is -2.22. The Morgan fingerprint density at radius 1 is 0.708 bits per heavy atom. The Morgan fingerprint density at radius 2 is 1.38 bits per heavy atom. The zero-order valence-electron chi connectivity index (χ0n) is 13.1. The van der Waals surface area contributed by atoms with Crippen LogP contribution in [-0.4, -0.2) is 0 Å². The van der Waals surface area contributed by atoms with Crippen molar-refractivity contribution in [2.75, 3.05) is 0 Å². The van der Waals surface area contributed by atoms with Gasteiger partial charge in [-0.25, -0.2) is 0 Å². The van der Waals surface area contributed by atoms with Gasteiger partial charge in [-0.1, -0.05) is 78.6 Å². The lowest BCUT2D eigenvalue weighted by molar-refractivity contribution is 0.495. The third-order valence-corrected chi connectivity index (χ3v) is 4.00. The van der Waals surface area contributed by atoms with Crippen molar-refractivity contribution in [1.29, 1.82) is 0 Å². The van der Waals surface area contributed by atoms with Crippen LogP contribution < -0.4 is 4.74 Å². The predicted molar refractivity (Wildman–Crippen MR) is 97.6 cm³/mol. The normalized spacial score (nSPS) is 15.3. The molecule has 1 atom stereocenters. The maximum Gasteiger partial charge on any atom is 0.132 e. The van der Waals surface area contributed by atoms with Crippen molar-refractivity contribution in [3.8, 4) is 17.6 Å². The number of para-hydroxylation sites is 1. The molecule has 24 heavy (non-hydrogen) atoms. The average Bonchev–Trinajstić information content (AvgIpc) is 2.67. The van der Waals surface area contributed by atoms with E-state index in [1.165, 1.54) is 0 Å². The van der Waals surface area contributed by atoms with Crippen LogP contribution in [0.1, 0.15) is 22.6 Å². The minimum Gasteiger partial charge on any atom is -0.457 e. The molecule has 0 amide bonds. The van der Waals surface area contributed by atoms with Gasteiger partial charge in [0.15, 0.2) is 0 Å². The first-order valence-electron chi connectivity index (χ1n) is 8.01. The molecule has 0 radical (unpaired) electrons. The summed E-state index contributed by atoms with van der Waals surface area (Å²) in [7, 11) is 0. The average molecular weight is 308 g/mol. The third-order valence-electron chi connectivity index (χ3n) is 4.00. The number of allylic oxidation sites excluding steroid dienone is 1. The summed E-state index contributed by atoms with van der Waals surface area (Å²) in [6.07, 6.45) is 2.10. The standard InChI is InChI=1S/C23H16O/c1-3-9-18(10-4-1)15-16-20-17-23(19-11-5-2-6-12-19)24-22-14-8-7-13-21(20)22/h1-14,17,20H/t20-/m0/s1. The minimum absolute atomic E-state index is 0.0189. The zero-order valence-corrected chi connectivity index (χ0v) is 13.1. The maximum absolute atomic E-state index is 6.09. The molecule has 4 rings (SSSR count). The van der Waals surface area contributed by atoms with Gasteiger partial charge in [-0.3, -0.25) is 0 Å². The number of fused-ring (bicyclic) bond motifs is 1. The highest BCUT2D eigenvalue weighted by Crippen LogP contribution is 2.36. The molecular weight excluding hydrogens is 292 g/mol. The van der Waals surface area contributed by atoms with Gasteiger partial charge < -0.3 is 4.74 Å². The second-order valence-electron chi connectivity index (χ2n) is 5.65. The van der Waals surface area contributed by atoms with Gasteiger partial charge in [-0.05, 0) is 24.3 Å². The van der Waals surface area contributed by atoms with Gasteiger partial charge in [0.05, 0.1) is 5.92 Å². The van der Waals surface area contributed by atoms with E-state index in [4.69, 9.17) is 4.74 Å². The summed E-state index contributed by atoms with van der Waals surface area (Å²) in [5.74, 6) is 8.43. The summed E-state index contributed by atoms with van der Waals surface area (Å²) in [5.41, 5.74) is 3.20. The van der Waals surface area contributed by atoms with Crippen LogP contribution in [0.15, 0.2) is 91.0 Å². The number of ether oxygens (including phenoxy) is 1. The largest absolute Gasteiger partial charge is 0.457 e. The van der Waals surface area contributed by atoms with Crippen molar-refractivity contribution in [2.24, 2.45) is 0 Å². The first-order valence-corrected chi connectivity index (χ1v) is 8.01. The number of rotatable bonds is 1. The molecule has 3 aromatic carbocycles. The zero-order chi connectivity index (χ0) is 16.2. The van der Waals surface area contributed by atoms with E-state index >= 15 is 0 Å². The van der Waals surface area contributed by atoms with Crippen molar-refractivity contribution in [1.82, 2.24) is 0 Å². The lowest BCUT2D eigenvalue weighted by atomic mass is 9.94. The molecule has 1 heteroatoms. The quantitative estimate of drug-likeness (QED) is 0.557. The summed E-state index contributed by atoms with van der Waals surface area (Å²) in [4.78, 5) is 0. The number of hydrogen-bond acceptors (Lipinski definition) is 1. The van der Waals surface area contributed by atoms with E-state index in [0.29, 0.717) is 0 Å². The Morgan fingerprint density at radius 3 is 2.17 bits per heavy atom. The molecule has 1 aliphatic heterocycles. The molecule has 1 nitrogen and oxygen atoms in total. The minimum atomic E-state index is 0.0189. The van der Waals surface area contributed by atoms with Gasteiger partial charge in [0.2, 0.25) is 0 Å². The van der Waals surface area contributed by atoms with Gasteiger partial charge in [0.25, 0.3) is 0 Å². The maximum atomic E-state index is 6.09. The highest BCUT2D eigenvalue weighted by molar-refractivity contribution is 5.68. The van der Waals surface area contributed by atoms with Gasteiger partial charge in [0.1, 0.15) is 11.5 Å². The van der Waals surface area contributed by atoms with E-state index in [1.807, 2.05) is 66.7 Å². The first-order chi connectivity index (χ1) is 11.9. The fourth-order valence-electron chi connectivity index (χ4n) is 2.78. The molecule has 0 saturated heterocycles. The molecule has 0 aromatic heterocycles. The van der Waals surface area contributed by atoms with Crippen LogP contribution in [0, 0.1) is 11.8 Å². The molecule has 0 bridgehead atoms. The van der Waals surface area contributed by atoms with Crippen LogP contribution in [0.4, 0.5) is 0 Å². The van der Waals surface area contributed by atoms with Crippen molar-refractivity contribution in [3.63, 3.8) is 0 Å². The van der Waals surface area contributed by atoms with Crippen molar-refractivity contribution in [2.45, 2.75) is 5.92 Å². The van der Waals surface area contributed by atoms with Crippen LogP contribution in [0.3, 0.4) is 0 Å². The van der Waals surface area contributed by atoms with E-state index < -0.39 is 0 Å². The molecule has 1 heterocycles. The highest BCUT2D eigenvalue weighted by Gasteiger charge is 2.20. The molecule has 114 valence electrons. The topological polar surface area (TPSA) is 9.23 Å². The Kier molecular flexibility index (Phi) is 3.88. The molecule has 0 saturated carbocycles. The van der Waals surface area contributed by atoms with Gasteiger partial charge in [0, 0.05) is 16.7 Å². The summed E-state index contributed by atoms with van der Waals surface area (Å²) in [5, 5.41) is 0. The van der Waals surface area contributed by atoms with Crippen LogP contribution in [0.2, 0.25) is 0 Å². The SMILES string of the molecule is C(#C[C@H]1C=C(c2ccccc2)Oc2ccccc21)c1ccccc1. The van der Waals surface area contributed by atoms with E-state index in [-0.39, 0.29) is 5.92 Å². The lowest BCUT2D eigenvalue weighted by Crippen LogP contribution is -2.07. The van der Waals surface area contributed by atoms with Crippen LogP contribution in [0.25, 0.3) is 5.76 Å². The van der Waals surface area contributed by atoms with Crippen LogP contribution >= 0.6 is 0 Å². The Balaban J connectivity index is 1.76. The Labute approximate surface area is 142 Å². The predicted octanol–water partition coefficient (Wildman–Crippen LogP) is 5.26. The fraction of sp³-hybridized carbons (Fsp3) is 0.0435. The number of benzene rings is 3. The third kappa shape index (κ3) is 2.95. The van der Waals surface area contributed by atoms with Gasteiger partial charge >= 0.3 is 0 Å². The molecule has 0 fully saturated rings. The van der Waals surface area contributed by atoms with Crippen molar-refractivity contribution < 1.29 is 4.74 Å². The Bertz CT molecular complexity index is 928. The first kappa shape index (κ1) is 14.4. The molecule has 1 aliphatic rings. The van der Waals surface area contributed by atoms with Crippen molar-refractivity contribution in [3.05, 3.63) is 108 Å². The summed E-state index contributed by atoms with van der Waals surface area (Å²) >= 11 is 0. The Hall–Kier alpha value is -3.24. The number of hydrogen-bond donors (Lipinski definition) is 0. The van der Waals surface area contributed by atoms with E-state index in [9.17, 15) is 0 Å². The van der Waals surface area contributed by atoms with Crippen LogP contribution in [-0.2, 0) is 0 Å². The summed E-state index contributed by atoms with van der Waals surface area (Å²) < 4.78 is 6.09. The van der Waals surface area contributed by atoms with E-state index in [0.717, 1.165) is 28.2 Å².